The fourth-order valence-corrected chi connectivity index (χ4v) is 1.70. The number of hydrogen-bond acceptors (Lipinski definition) is 4. The molecule has 0 spiro atoms. The molecule has 1 heterocycles. The fourth-order valence-electron chi connectivity index (χ4n) is 1.70. The molecule has 0 bridgehead atoms. The lowest BCUT2D eigenvalue weighted by Crippen LogP contribution is -1.94. The Morgan fingerprint density at radius 2 is 2.17 bits per heavy atom. The SMILES string of the molecule is CCC(C)c1noc(-c2ccccc2CC#N)n1. The number of hydrogen-bond donors (Lipinski definition) is 0. The van der Waals surface area contributed by atoms with Crippen LogP contribution in [-0.4, -0.2) is 10.1 Å². The first kappa shape index (κ1) is 12.3. The quantitative estimate of drug-likeness (QED) is 0.823. The summed E-state index contributed by atoms with van der Waals surface area (Å²) in [4.78, 5) is 4.41. The standard InChI is InChI=1S/C14H15N3O/c1-3-10(2)13-16-14(18-17-13)12-7-5-4-6-11(12)8-9-15/h4-7,10H,3,8H2,1-2H3. The van der Waals surface area contributed by atoms with E-state index in [1.165, 1.54) is 0 Å². The van der Waals surface area contributed by atoms with E-state index >= 15 is 0 Å². The third-order valence-electron chi connectivity index (χ3n) is 3.01. The van der Waals surface area contributed by atoms with Gasteiger partial charge in [0, 0.05) is 11.5 Å². The molecule has 0 aliphatic carbocycles. The van der Waals surface area contributed by atoms with Crippen LogP contribution < -0.4 is 0 Å². The molecule has 0 saturated carbocycles. The second kappa shape index (κ2) is 5.46. The molecule has 0 fully saturated rings. The second-order valence-corrected chi connectivity index (χ2v) is 4.26. The van der Waals surface area contributed by atoms with Crippen LogP contribution in [0.1, 0.15) is 37.6 Å². The van der Waals surface area contributed by atoms with Crippen molar-refractivity contribution < 1.29 is 4.52 Å². The molecule has 1 aromatic carbocycles. The van der Waals surface area contributed by atoms with Crippen LogP contribution in [0.5, 0.6) is 0 Å². The summed E-state index contributed by atoms with van der Waals surface area (Å²) in [5.41, 5.74) is 1.76. The van der Waals surface area contributed by atoms with Crippen molar-refractivity contribution in [3.63, 3.8) is 0 Å². The number of benzene rings is 1. The predicted octanol–water partition coefficient (Wildman–Crippen LogP) is 3.32. The largest absolute Gasteiger partial charge is 0.334 e. The van der Waals surface area contributed by atoms with Crippen LogP contribution in [0.4, 0.5) is 0 Å². The van der Waals surface area contributed by atoms with Gasteiger partial charge in [0.25, 0.3) is 5.89 Å². The van der Waals surface area contributed by atoms with Gasteiger partial charge < -0.3 is 4.52 Å². The molecule has 1 aromatic heterocycles. The van der Waals surface area contributed by atoms with Crippen LogP contribution in [0.25, 0.3) is 11.5 Å². The van der Waals surface area contributed by atoms with Gasteiger partial charge in [0.15, 0.2) is 5.82 Å². The van der Waals surface area contributed by atoms with E-state index in [0.717, 1.165) is 23.4 Å². The van der Waals surface area contributed by atoms with Crippen LogP contribution in [0.15, 0.2) is 28.8 Å². The monoisotopic (exact) mass is 241 g/mol. The smallest absolute Gasteiger partial charge is 0.258 e. The predicted molar refractivity (Wildman–Crippen MR) is 67.8 cm³/mol. The zero-order valence-electron chi connectivity index (χ0n) is 10.6. The van der Waals surface area contributed by atoms with Gasteiger partial charge in [0.05, 0.1) is 12.5 Å². The summed E-state index contributed by atoms with van der Waals surface area (Å²) in [6, 6.07) is 9.77. The summed E-state index contributed by atoms with van der Waals surface area (Å²) >= 11 is 0. The molecule has 0 radical (unpaired) electrons. The molecule has 2 rings (SSSR count). The Labute approximate surface area is 106 Å². The molecule has 4 nitrogen and oxygen atoms in total. The minimum Gasteiger partial charge on any atom is -0.334 e. The fraction of sp³-hybridized carbons (Fsp3) is 0.357. The van der Waals surface area contributed by atoms with Crippen LogP contribution in [-0.2, 0) is 6.42 Å². The van der Waals surface area contributed by atoms with E-state index in [0.29, 0.717) is 12.3 Å². The van der Waals surface area contributed by atoms with Crippen molar-refractivity contribution in [3.05, 3.63) is 35.7 Å². The Bertz CT molecular complexity index is 568. The van der Waals surface area contributed by atoms with Crippen LogP contribution in [0.3, 0.4) is 0 Å². The van der Waals surface area contributed by atoms with Crippen molar-refractivity contribution >= 4 is 0 Å². The van der Waals surface area contributed by atoms with Gasteiger partial charge >= 0.3 is 0 Å². The van der Waals surface area contributed by atoms with Gasteiger partial charge in [-0.25, -0.2) is 0 Å². The van der Waals surface area contributed by atoms with Crippen LogP contribution in [0, 0.1) is 11.3 Å². The molecule has 4 heteroatoms. The maximum absolute atomic E-state index is 8.81. The first-order chi connectivity index (χ1) is 8.76. The van der Waals surface area contributed by atoms with E-state index in [-0.39, 0.29) is 5.92 Å². The first-order valence-electron chi connectivity index (χ1n) is 6.05. The maximum Gasteiger partial charge on any atom is 0.258 e. The van der Waals surface area contributed by atoms with Gasteiger partial charge in [0.1, 0.15) is 0 Å². The van der Waals surface area contributed by atoms with Gasteiger partial charge in [-0.3, -0.25) is 0 Å². The molecule has 18 heavy (non-hydrogen) atoms. The second-order valence-electron chi connectivity index (χ2n) is 4.26. The molecular formula is C14H15N3O. The van der Waals surface area contributed by atoms with E-state index < -0.39 is 0 Å². The van der Waals surface area contributed by atoms with Crippen molar-refractivity contribution in [2.45, 2.75) is 32.6 Å². The molecular weight excluding hydrogens is 226 g/mol. The van der Waals surface area contributed by atoms with Crippen molar-refractivity contribution in [3.8, 4) is 17.5 Å². The highest BCUT2D eigenvalue weighted by Crippen LogP contribution is 2.24. The summed E-state index contributed by atoms with van der Waals surface area (Å²) < 4.78 is 5.29. The zero-order chi connectivity index (χ0) is 13.0. The van der Waals surface area contributed by atoms with E-state index in [4.69, 9.17) is 9.78 Å². The topological polar surface area (TPSA) is 62.7 Å². The van der Waals surface area contributed by atoms with Crippen molar-refractivity contribution in [2.75, 3.05) is 0 Å². The Kier molecular flexibility index (Phi) is 3.73. The lowest BCUT2D eigenvalue weighted by atomic mass is 10.1. The Morgan fingerprint density at radius 3 is 2.89 bits per heavy atom. The first-order valence-corrected chi connectivity index (χ1v) is 6.05. The summed E-state index contributed by atoms with van der Waals surface area (Å²) in [6.45, 7) is 4.15. The highest BCUT2D eigenvalue weighted by atomic mass is 16.5. The minimum absolute atomic E-state index is 0.283. The number of rotatable bonds is 4. The summed E-state index contributed by atoms with van der Waals surface area (Å²) in [5, 5.41) is 12.8. The number of nitrogens with zero attached hydrogens (tertiary/aromatic N) is 3. The molecule has 0 aliphatic rings. The summed E-state index contributed by atoms with van der Waals surface area (Å²) in [5.74, 6) is 1.50. The van der Waals surface area contributed by atoms with Gasteiger partial charge in [-0.2, -0.15) is 10.2 Å². The van der Waals surface area contributed by atoms with Gasteiger partial charge in [-0.05, 0) is 18.1 Å². The number of nitriles is 1. The van der Waals surface area contributed by atoms with Crippen LogP contribution in [0.2, 0.25) is 0 Å². The van der Waals surface area contributed by atoms with E-state index in [1.807, 2.05) is 24.3 Å². The lowest BCUT2D eigenvalue weighted by Gasteiger charge is -2.01. The Morgan fingerprint density at radius 1 is 1.39 bits per heavy atom. The highest BCUT2D eigenvalue weighted by Gasteiger charge is 2.15. The lowest BCUT2D eigenvalue weighted by molar-refractivity contribution is 0.416. The van der Waals surface area contributed by atoms with Gasteiger partial charge in [0.2, 0.25) is 0 Å². The molecule has 0 N–H and O–H groups in total. The average molecular weight is 241 g/mol. The summed E-state index contributed by atoms with van der Waals surface area (Å²) in [6.07, 6.45) is 1.32. The maximum atomic E-state index is 8.81. The molecule has 1 unspecified atom stereocenters. The molecule has 0 aliphatic heterocycles. The normalized spacial score (nSPS) is 12.1. The highest BCUT2D eigenvalue weighted by molar-refractivity contribution is 5.59. The Hall–Kier alpha value is -2.15. The van der Waals surface area contributed by atoms with Crippen LogP contribution >= 0.6 is 0 Å². The molecule has 92 valence electrons. The van der Waals surface area contributed by atoms with Gasteiger partial charge in [-0.15, -0.1) is 0 Å². The molecule has 0 amide bonds. The average Bonchev–Trinajstić information content (AvgIpc) is 2.88. The molecule has 0 saturated heterocycles. The molecule has 2 aromatic rings. The zero-order valence-corrected chi connectivity index (χ0v) is 10.6. The minimum atomic E-state index is 0.283. The number of aromatic nitrogens is 2. The summed E-state index contributed by atoms with van der Waals surface area (Å²) in [7, 11) is 0. The van der Waals surface area contributed by atoms with E-state index in [9.17, 15) is 0 Å². The van der Waals surface area contributed by atoms with E-state index in [1.54, 1.807) is 0 Å². The van der Waals surface area contributed by atoms with Crippen molar-refractivity contribution in [1.82, 2.24) is 10.1 Å². The molecule has 1 atom stereocenters. The van der Waals surface area contributed by atoms with Crippen molar-refractivity contribution in [1.29, 1.82) is 5.26 Å². The van der Waals surface area contributed by atoms with Gasteiger partial charge in [-0.1, -0.05) is 37.2 Å². The third kappa shape index (κ3) is 2.40. The Balaban J connectivity index is 2.37. The van der Waals surface area contributed by atoms with Crippen molar-refractivity contribution in [2.24, 2.45) is 0 Å². The van der Waals surface area contributed by atoms with E-state index in [2.05, 4.69) is 30.1 Å². The third-order valence-corrected chi connectivity index (χ3v) is 3.01.